The summed E-state index contributed by atoms with van der Waals surface area (Å²) < 4.78 is 0. The zero-order valence-electron chi connectivity index (χ0n) is 8.51. The number of benzene rings is 1. The van der Waals surface area contributed by atoms with Gasteiger partial charge in [0.1, 0.15) is 0 Å². The molecule has 0 aromatic heterocycles. The number of carbonyl (C=O) groups excluding carboxylic acids is 2. The van der Waals surface area contributed by atoms with Crippen LogP contribution in [0.15, 0.2) is 18.2 Å². The molecule has 15 heavy (non-hydrogen) atoms. The number of hydrogen-bond acceptors (Lipinski definition) is 4. The largest absolute Gasteiger partial charge is 0.399 e. The van der Waals surface area contributed by atoms with Crippen molar-refractivity contribution in [3.05, 3.63) is 23.8 Å². The maximum atomic E-state index is 8.58. The summed E-state index contributed by atoms with van der Waals surface area (Å²) in [6.45, 7) is 1.95. The number of aryl methyl sites for hydroxylation is 1. The molecule has 0 saturated carbocycles. The van der Waals surface area contributed by atoms with E-state index in [2.05, 4.69) is 11.5 Å². The van der Waals surface area contributed by atoms with Crippen molar-refractivity contribution in [3.63, 3.8) is 0 Å². The average molecular weight is 212 g/mol. The molecule has 1 aromatic carbocycles. The van der Waals surface area contributed by atoms with Gasteiger partial charge in [0.25, 0.3) is 0 Å². The molecule has 0 spiro atoms. The molecule has 0 atom stereocenters. The quantitative estimate of drug-likeness (QED) is 0.335. The zero-order chi connectivity index (χ0) is 12.3. The van der Waals surface area contributed by atoms with Crippen LogP contribution in [-0.2, 0) is 9.59 Å². The molecule has 0 aliphatic carbocycles. The second-order valence-electron chi connectivity index (χ2n) is 2.39. The van der Waals surface area contributed by atoms with E-state index < -0.39 is 0 Å². The van der Waals surface area contributed by atoms with Crippen molar-refractivity contribution < 1.29 is 9.59 Å². The van der Waals surface area contributed by atoms with Crippen LogP contribution < -0.4 is 22.9 Å². The summed E-state index contributed by atoms with van der Waals surface area (Å²) in [5.41, 5.74) is 21.9. The first-order chi connectivity index (χ1) is 7.03. The molecule has 0 saturated heterocycles. The van der Waals surface area contributed by atoms with Gasteiger partial charge in [-0.3, -0.25) is 9.59 Å². The van der Waals surface area contributed by atoms with Crippen molar-refractivity contribution in [2.24, 2.45) is 11.5 Å². The molecule has 0 radical (unpaired) electrons. The Morgan fingerprint density at radius 3 is 1.73 bits per heavy atom. The summed E-state index contributed by atoms with van der Waals surface area (Å²) in [5, 5.41) is 0. The Balaban J connectivity index is 0. The lowest BCUT2D eigenvalue weighted by Gasteiger charge is -1.98. The van der Waals surface area contributed by atoms with E-state index in [0.717, 1.165) is 16.9 Å². The van der Waals surface area contributed by atoms with Gasteiger partial charge in [-0.05, 0) is 24.6 Å². The summed E-state index contributed by atoms with van der Waals surface area (Å²) in [5.74, 6) is 0. The second-order valence-corrected chi connectivity index (χ2v) is 2.39. The van der Waals surface area contributed by atoms with Crippen LogP contribution in [0.2, 0.25) is 0 Å². The number of amides is 2. The fraction of sp³-hybridized carbons (Fsp3) is 0.111. The molecule has 0 fully saturated rings. The number of rotatable bonds is 0. The predicted octanol–water partition coefficient (Wildman–Crippen LogP) is -0.638. The average Bonchev–Trinajstić information content (AvgIpc) is 2.14. The molecule has 0 aliphatic heterocycles. The molecule has 0 aliphatic rings. The highest BCUT2D eigenvalue weighted by Crippen LogP contribution is 2.13. The minimum atomic E-state index is 0.250. The van der Waals surface area contributed by atoms with Crippen LogP contribution in [-0.4, -0.2) is 12.8 Å². The van der Waals surface area contributed by atoms with Crippen molar-refractivity contribution in [2.75, 3.05) is 11.5 Å². The molecule has 0 unspecified atom stereocenters. The van der Waals surface area contributed by atoms with Crippen molar-refractivity contribution >= 4 is 24.2 Å². The molecule has 1 rings (SSSR count). The van der Waals surface area contributed by atoms with E-state index in [1.165, 1.54) is 0 Å². The molecular formula is C9H16N4O2. The zero-order valence-corrected chi connectivity index (χ0v) is 8.51. The van der Waals surface area contributed by atoms with E-state index in [1.54, 1.807) is 6.07 Å². The summed E-state index contributed by atoms with van der Waals surface area (Å²) in [7, 11) is 0. The first-order valence-electron chi connectivity index (χ1n) is 3.95. The van der Waals surface area contributed by atoms with Gasteiger partial charge < -0.3 is 22.9 Å². The molecule has 0 bridgehead atoms. The number of primary amides is 2. The molecule has 8 N–H and O–H groups in total. The summed E-state index contributed by atoms with van der Waals surface area (Å²) >= 11 is 0. The summed E-state index contributed by atoms with van der Waals surface area (Å²) in [4.78, 5) is 17.2. The smallest absolute Gasteiger partial charge is 0.204 e. The Labute approximate surface area is 88.2 Å². The van der Waals surface area contributed by atoms with E-state index in [-0.39, 0.29) is 12.8 Å². The van der Waals surface area contributed by atoms with Crippen LogP contribution >= 0.6 is 0 Å². The van der Waals surface area contributed by atoms with Crippen molar-refractivity contribution in [1.82, 2.24) is 0 Å². The van der Waals surface area contributed by atoms with Gasteiger partial charge in [0.2, 0.25) is 12.8 Å². The van der Waals surface area contributed by atoms with Gasteiger partial charge in [0.15, 0.2) is 0 Å². The van der Waals surface area contributed by atoms with Gasteiger partial charge in [0, 0.05) is 11.4 Å². The highest BCUT2D eigenvalue weighted by atomic mass is 16.1. The fourth-order valence-electron chi connectivity index (χ4n) is 0.659. The van der Waals surface area contributed by atoms with Crippen LogP contribution in [0.1, 0.15) is 5.56 Å². The normalized spacial score (nSPS) is 7.27. The predicted molar refractivity (Wildman–Crippen MR) is 60.5 cm³/mol. The second kappa shape index (κ2) is 9.85. The van der Waals surface area contributed by atoms with Crippen LogP contribution in [0.5, 0.6) is 0 Å². The fourth-order valence-corrected chi connectivity index (χ4v) is 0.659. The molecule has 2 amide bonds. The van der Waals surface area contributed by atoms with Crippen LogP contribution in [0.4, 0.5) is 11.4 Å². The summed E-state index contributed by atoms with van der Waals surface area (Å²) in [6, 6.07) is 5.51. The van der Waals surface area contributed by atoms with Gasteiger partial charge in [0.05, 0.1) is 0 Å². The SMILES string of the molecule is Cc1ccc(N)cc1N.NC=O.NC=O. The molecule has 6 heteroatoms. The number of nitrogen functional groups attached to an aromatic ring is 2. The highest BCUT2D eigenvalue weighted by Gasteiger charge is 1.90. The monoisotopic (exact) mass is 212 g/mol. The summed E-state index contributed by atoms with van der Waals surface area (Å²) in [6.07, 6.45) is 0.500. The van der Waals surface area contributed by atoms with Crippen LogP contribution in [0.3, 0.4) is 0 Å². The molecule has 84 valence electrons. The van der Waals surface area contributed by atoms with E-state index >= 15 is 0 Å². The van der Waals surface area contributed by atoms with Gasteiger partial charge in [-0.1, -0.05) is 6.07 Å². The Morgan fingerprint density at radius 1 is 1.07 bits per heavy atom. The number of anilines is 2. The van der Waals surface area contributed by atoms with E-state index in [0.29, 0.717) is 0 Å². The number of hydrogen-bond donors (Lipinski definition) is 4. The van der Waals surface area contributed by atoms with Crippen LogP contribution in [0, 0.1) is 6.92 Å². The van der Waals surface area contributed by atoms with E-state index in [1.807, 2.05) is 19.1 Å². The highest BCUT2D eigenvalue weighted by molar-refractivity contribution is 5.55. The lowest BCUT2D eigenvalue weighted by atomic mass is 10.2. The van der Waals surface area contributed by atoms with E-state index in [4.69, 9.17) is 21.1 Å². The Bertz CT molecular complexity index is 296. The third-order valence-electron chi connectivity index (χ3n) is 1.30. The minimum absolute atomic E-state index is 0.250. The number of nitrogens with two attached hydrogens (primary N) is 4. The van der Waals surface area contributed by atoms with Gasteiger partial charge in [-0.25, -0.2) is 0 Å². The molecule has 0 heterocycles. The third kappa shape index (κ3) is 9.68. The third-order valence-corrected chi connectivity index (χ3v) is 1.30. The van der Waals surface area contributed by atoms with Gasteiger partial charge in [-0.2, -0.15) is 0 Å². The lowest BCUT2D eigenvalue weighted by Crippen LogP contribution is -1.91. The molecular weight excluding hydrogens is 196 g/mol. The van der Waals surface area contributed by atoms with Gasteiger partial charge >= 0.3 is 0 Å². The maximum absolute atomic E-state index is 8.58. The standard InChI is InChI=1S/C7H10N2.2CH3NO/c1-5-2-3-6(8)4-7(5)9;2*2-1-3/h2-4H,8-9H2,1H3;2*1H,(H2,2,3). The molecule has 1 aromatic rings. The topological polar surface area (TPSA) is 138 Å². The van der Waals surface area contributed by atoms with Crippen LogP contribution in [0.25, 0.3) is 0 Å². The van der Waals surface area contributed by atoms with Gasteiger partial charge in [-0.15, -0.1) is 0 Å². The minimum Gasteiger partial charge on any atom is -0.399 e. The number of carbonyl (C=O) groups is 2. The lowest BCUT2D eigenvalue weighted by molar-refractivity contribution is -0.107. The van der Waals surface area contributed by atoms with Crippen molar-refractivity contribution in [1.29, 1.82) is 0 Å². The Morgan fingerprint density at radius 2 is 1.47 bits per heavy atom. The first kappa shape index (κ1) is 15.2. The van der Waals surface area contributed by atoms with Crippen molar-refractivity contribution in [3.8, 4) is 0 Å². The maximum Gasteiger partial charge on any atom is 0.204 e. The Kier molecular flexibility index (Phi) is 10.0. The first-order valence-corrected chi connectivity index (χ1v) is 3.95. The molecule has 6 nitrogen and oxygen atoms in total. The Hall–Kier alpha value is -2.24. The van der Waals surface area contributed by atoms with E-state index in [9.17, 15) is 0 Å². The van der Waals surface area contributed by atoms with Crippen molar-refractivity contribution in [2.45, 2.75) is 6.92 Å².